The Balaban J connectivity index is 1.48. The zero-order valence-electron chi connectivity index (χ0n) is 17.5. The van der Waals surface area contributed by atoms with Gasteiger partial charge in [0.1, 0.15) is 0 Å². The van der Waals surface area contributed by atoms with Crippen molar-refractivity contribution in [3.05, 3.63) is 35.4 Å². The van der Waals surface area contributed by atoms with Gasteiger partial charge in [-0.3, -0.25) is 4.79 Å². The van der Waals surface area contributed by atoms with Crippen molar-refractivity contribution >= 4 is 15.9 Å². The van der Waals surface area contributed by atoms with E-state index in [-0.39, 0.29) is 49.4 Å². The third-order valence-corrected chi connectivity index (χ3v) is 8.67. The molecular formula is C23H30N2O4S. The molecule has 1 aliphatic carbocycles. The Morgan fingerprint density at radius 3 is 2.50 bits per heavy atom. The molecule has 2 saturated heterocycles. The maximum atomic E-state index is 12.5. The van der Waals surface area contributed by atoms with Gasteiger partial charge in [-0.25, -0.2) is 8.42 Å². The maximum Gasteiger partial charge on any atom is 0.238 e. The number of hydrogen-bond acceptors (Lipinski definition) is 4. The summed E-state index contributed by atoms with van der Waals surface area (Å²) in [5, 5.41) is 9.87. The summed E-state index contributed by atoms with van der Waals surface area (Å²) in [6.45, 7) is 1.61. The first kappa shape index (κ1) is 21.4. The predicted octanol–water partition coefficient (Wildman–Crippen LogP) is 1.94. The van der Waals surface area contributed by atoms with E-state index in [1.54, 1.807) is 11.8 Å². The van der Waals surface area contributed by atoms with Gasteiger partial charge in [0, 0.05) is 24.4 Å². The largest absolute Gasteiger partial charge is 0.394 e. The van der Waals surface area contributed by atoms with Gasteiger partial charge in [0.05, 0.1) is 31.0 Å². The minimum Gasteiger partial charge on any atom is -0.394 e. The average molecular weight is 431 g/mol. The number of aliphatic hydroxyl groups is 1. The van der Waals surface area contributed by atoms with Gasteiger partial charge in [0.2, 0.25) is 15.9 Å². The molecule has 1 aromatic rings. The molecule has 7 heteroatoms. The summed E-state index contributed by atoms with van der Waals surface area (Å²) in [4.78, 5) is 14.2. The Morgan fingerprint density at radius 2 is 1.87 bits per heavy atom. The van der Waals surface area contributed by atoms with Crippen molar-refractivity contribution in [2.24, 2.45) is 5.92 Å². The van der Waals surface area contributed by atoms with Crippen LogP contribution in [0.3, 0.4) is 0 Å². The van der Waals surface area contributed by atoms with Gasteiger partial charge in [0.15, 0.2) is 0 Å². The fraction of sp³-hybridized carbons (Fsp3) is 0.609. The standard InChI is InChI=1S/C23H30N2O4S/c1-2-30(28,29)24-14-20-23(21(16-26)25(20)22(27)15-24)19-12-10-18(11-13-19)9-5-8-17-6-3-4-7-17/h10-13,17,20-21,23,26H,2-4,6-8,14-16H2,1H3/t20-,21+,23-/m1/s1. The van der Waals surface area contributed by atoms with Crippen molar-refractivity contribution in [2.75, 3.05) is 25.4 Å². The molecule has 0 aromatic heterocycles. The molecule has 3 aliphatic rings. The average Bonchev–Trinajstić information content (AvgIpc) is 3.24. The molecule has 2 aliphatic heterocycles. The van der Waals surface area contributed by atoms with Gasteiger partial charge >= 0.3 is 0 Å². The number of rotatable bonds is 5. The van der Waals surface area contributed by atoms with Crippen molar-refractivity contribution in [3.63, 3.8) is 0 Å². The lowest BCUT2D eigenvalue weighted by atomic mass is 9.74. The van der Waals surface area contributed by atoms with Crippen LogP contribution in [0.2, 0.25) is 0 Å². The third-order valence-electron chi connectivity index (χ3n) is 6.87. The van der Waals surface area contributed by atoms with Crippen molar-refractivity contribution < 1.29 is 18.3 Å². The van der Waals surface area contributed by atoms with Crippen LogP contribution in [0.25, 0.3) is 0 Å². The highest BCUT2D eigenvalue weighted by Crippen LogP contribution is 2.43. The summed E-state index contributed by atoms with van der Waals surface area (Å²) >= 11 is 0. The van der Waals surface area contributed by atoms with Crippen LogP contribution >= 0.6 is 0 Å². The molecule has 2 heterocycles. The molecule has 0 spiro atoms. The lowest BCUT2D eigenvalue weighted by Crippen LogP contribution is -2.73. The summed E-state index contributed by atoms with van der Waals surface area (Å²) in [6.07, 6.45) is 6.19. The molecule has 0 bridgehead atoms. The first-order valence-corrected chi connectivity index (χ1v) is 12.5. The Bertz CT molecular complexity index is 942. The summed E-state index contributed by atoms with van der Waals surface area (Å²) in [5.74, 6) is 6.97. The minimum absolute atomic E-state index is 0.0185. The third kappa shape index (κ3) is 4.01. The van der Waals surface area contributed by atoms with E-state index in [1.807, 2.05) is 24.3 Å². The molecule has 0 unspecified atom stereocenters. The Labute approximate surface area is 179 Å². The first-order chi connectivity index (χ1) is 14.4. The van der Waals surface area contributed by atoms with E-state index in [4.69, 9.17) is 0 Å². The molecule has 1 amide bonds. The molecule has 1 N–H and O–H groups in total. The smallest absolute Gasteiger partial charge is 0.238 e. The van der Waals surface area contributed by atoms with E-state index in [0.29, 0.717) is 0 Å². The Hall–Kier alpha value is -1.88. The quantitative estimate of drug-likeness (QED) is 0.725. The number of amides is 1. The van der Waals surface area contributed by atoms with Crippen LogP contribution in [0.5, 0.6) is 0 Å². The molecule has 0 radical (unpaired) electrons. The molecule has 3 atom stereocenters. The lowest BCUT2D eigenvalue weighted by molar-refractivity contribution is -0.158. The molecule has 162 valence electrons. The number of carbonyl (C=O) groups is 1. The fourth-order valence-electron chi connectivity index (χ4n) is 5.16. The van der Waals surface area contributed by atoms with Crippen molar-refractivity contribution in [1.29, 1.82) is 0 Å². The van der Waals surface area contributed by atoms with Crippen LogP contribution in [0.4, 0.5) is 0 Å². The highest BCUT2D eigenvalue weighted by Gasteiger charge is 2.55. The van der Waals surface area contributed by atoms with Gasteiger partial charge in [-0.1, -0.05) is 36.8 Å². The topological polar surface area (TPSA) is 77.9 Å². The highest BCUT2D eigenvalue weighted by atomic mass is 32.2. The number of benzene rings is 1. The van der Waals surface area contributed by atoms with Crippen LogP contribution in [0.1, 0.15) is 56.1 Å². The van der Waals surface area contributed by atoms with Gasteiger partial charge in [-0.05, 0) is 43.4 Å². The van der Waals surface area contributed by atoms with Gasteiger partial charge in [-0.15, -0.1) is 0 Å². The molecule has 3 fully saturated rings. The van der Waals surface area contributed by atoms with Gasteiger partial charge in [0.25, 0.3) is 0 Å². The Morgan fingerprint density at radius 1 is 1.17 bits per heavy atom. The molecule has 6 nitrogen and oxygen atoms in total. The molecule has 30 heavy (non-hydrogen) atoms. The van der Waals surface area contributed by atoms with E-state index in [9.17, 15) is 18.3 Å². The lowest BCUT2D eigenvalue weighted by Gasteiger charge is -2.58. The number of fused-ring (bicyclic) bond motifs is 1. The van der Waals surface area contributed by atoms with Crippen LogP contribution in [-0.4, -0.2) is 66.2 Å². The molecule has 4 rings (SSSR count). The highest BCUT2D eigenvalue weighted by molar-refractivity contribution is 7.89. The van der Waals surface area contributed by atoms with E-state index in [2.05, 4.69) is 11.8 Å². The summed E-state index contributed by atoms with van der Waals surface area (Å²) < 4.78 is 25.9. The number of carbonyl (C=O) groups excluding carboxylic acids is 1. The second-order valence-electron chi connectivity index (χ2n) is 8.62. The SMILES string of the molecule is CCS(=O)(=O)N1CC(=O)N2[C@H](C1)[C@@H](c1ccc(C#CCC3CCCC3)cc1)[C@@H]2CO. The summed E-state index contributed by atoms with van der Waals surface area (Å²) in [5.41, 5.74) is 1.98. The second kappa shape index (κ2) is 8.70. The van der Waals surface area contributed by atoms with Crippen molar-refractivity contribution in [1.82, 2.24) is 9.21 Å². The number of piperazine rings is 1. The van der Waals surface area contributed by atoms with E-state index in [0.717, 1.165) is 23.5 Å². The summed E-state index contributed by atoms with van der Waals surface area (Å²) in [6, 6.07) is 7.44. The maximum absolute atomic E-state index is 12.5. The number of sulfonamides is 1. The van der Waals surface area contributed by atoms with Gasteiger partial charge in [-0.2, -0.15) is 4.31 Å². The van der Waals surface area contributed by atoms with Crippen molar-refractivity contribution in [3.8, 4) is 11.8 Å². The zero-order valence-corrected chi connectivity index (χ0v) is 18.3. The van der Waals surface area contributed by atoms with Crippen LogP contribution in [-0.2, 0) is 14.8 Å². The molecular weight excluding hydrogens is 400 g/mol. The minimum atomic E-state index is -3.43. The fourth-order valence-corrected chi connectivity index (χ4v) is 6.22. The molecule has 1 aromatic carbocycles. The predicted molar refractivity (Wildman–Crippen MR) is 115 cm³/mol. The van der Waals surface area contributed by atoms with Crippen LogP contribution in [0.15, 0.2) is 24.3 Å². The van der Waals surface area contributed by atoms with Crippen LogP contribution < -0.4 is 0 Å². The van der Waals surface area contributed by atoms with Gasteiger partial charge < -0.3 is 10.0 Å². The monoisotopic (exact) mass is 430 g/mol. The Kier molecular flexibility index (Phi) is 6.19. The number of hydrogen-bond donors (Lipinski definition) is 1. The molecule has 1 saturated carbocycles. The second-order valence-corrected chi connectivity index (χ2v) is 10.9. The normalized spacial score (nSPS) is 27.3. The van der Waals surface area contributed by atoms with E-state index < -0.39 is 10.0 Å². The van der Waals surface area contributed by atoms with Crippen molar-refractivity contribution in [2.45, 2.75) is 57.0 Å². The van der Waals surface area contributed by atoms with Crippen LogP contribution in [0, 0.1) is 17.8 Å². The first-order valence-electron chi connectivity index (χ1n) is 10.9. The summed E-state index contributed by atoms with van der Waals surface area (Å²) in [7, 11) is -3.43. The van der Waals surface area contributed by atoms with E-state index in [1.165, 1.54) is 30.0 Å². The van der Waals surface area contributed by atoms with E-state index >= 15 is 0 Å². The number of aliphatic hydroxyl groups excluding tert-OH is 1. The zero-order chi connectivity index (χ0) is 21.3. The number of nitrogens with zero attached hydrogens (tertiary/aromatic N) is 2.